The first kappa shape index (κ1) is 11.4. The van der Waals surface area contributed by atoms with Gasteiger partial charge in [-0.05, 0) is 18.6 Å². The van der Waals surface area contributed by atoms with Crippen LogP contribution in [0.1, 0.15) is 21.5 Å². The fraction of sp³-hybridized carbons (Fsp3) is 0.333. The Bertz CT molecular complexity index is 470. The van der Waals surface area contributed by atoms with Crippen LogP contribution in [0.25, 0.3) is 0 Å². The molecule has 1 amide bonds. The summed E-state index contributed by atoms with van der Waals surface area (Å²) in [4.78, 5) is 23.9. The van der Waals surface area contributed by atoms with Gasteiger partial charge in [-0.15, -0.1) is 0 Å². The van der Waals surface area contributed by atoms with Crippen molar-refractivity contribution in [2.45, 2.75) is 13.5 Å². The van der Waals surface area contributed by atoms with Crippen molar-refractivity contribution in [3.63, 3.8) is 0 Å². The highest BCUT2D eigenvalue weighted by Crippen LogP contribution is 2.16. The molecule has 0 atom stereocenters. The van der Waals surface area contributed by atoms with Crippen molar-refractivity contribution >= 4 is 12.1 Å². The van der Waals surface area contributed by atoms with Crippen LogP contribution in [0.5, 0.6) is 0 Å². The van der Waals surface area contributed by atoms with Gasteiger partial charge in [-0.3, -0.25) is 0 Å². The fourth-order valence-corrected chi connectivity index (χ4v) is 1.84. The zero-order valence-electron chi connectivity index (χ0n) is 9.47. The standard InChI is InChI=1S/C12H13NO4/c1-8-2-3-10(11(14)15)9(6-8)7-13-4-5-17-12(13)16/h2-3,6H,4-5,7H2,1H3,(H,14,15). The zero-order valence-corrected chi connectivity index (χ0v) is 9.47. The molecule has 0 unspecified atom stereocenters. The molecule has 0 saturated carbocycles. The Balaban J connectivity index is 2.27. The van der Waals surface area contributed by atoms with Crippen LogP contribution in [0.3, 0.4) is 0 Å². The van der Waals surface area contributed by atoms with Gasteiger partial charge in [0.15, 0.2) is 0 Å². The van der Waals surface area contributed by atoms with Crippen molar-refractivity contribution in [3.05, 3.63) is 34.9 Å². The SMILES string of the molecule is Cc1ccc(C(=O)O)c(CN2CCOC2=O)c1. The number of amides is 1. The minimum absolute atomic E-state index is 0.232. The maximum absolute atomic E-state index is 11.3. The number of hydrogen-bond donors (Lipinski definition) is 1. The van der Waals surface area contributed by atoms with E-state index in [0.717, 1.165) is 5.56 Å². The van der Waals surface area contributed by atoms with Gasteiger partial charge < -0.3 is 14.7 Å². The molecule has 5 nitrogen and oxygen atoms in total. The van der Waals surface area contributed by atoms with Crippen LogP contribution in [0.2, 0.25) is 0 Å². The first-order valence-corrected chi connectivity index (χ1v) is 5.32. The molecule has 5 heteroatoms. The van der Waals surface area contributed by atoms with E-state index in [4.69, 9.17) is 9.84 Å². The second-order valence-electron chi connectivity index (χ2n) is 4.00. The number of carbonyl (C=O) groups is 2. The number of aromatic carboxylic acids is 1. The van der Waals surface area contributed by atoms with E-state index in [2.05, 4.69) is 0 Å². The minimum atomic E-state index is -0.979. The number of aryl methyl sites for hydroxylation is 1. The molecule has 2 rings (SSSR count). The normalized spacial score (nSPS) is 14.9. The van der Waals surface area contributed by atoms with E-state index in [9.17, 15) is 9.59 Å². The quantitative estimate of drug-likeness (QED) is 0.864. The minimum Gasteiger partial charge on any atom is -0.478 e. The van der Waals surface area contributed by atoms with Crippen molar-refractivity contribution in [1.82, 2.24) is 4.90 Å². The highest BCUT2D eigenvalue weighted by atomic mass is 16.6. The van der Waals surface area contributed by atoms with Crippen LogP contribution in [0.15, 0.2) is 18.2 Å². The predicted octanol–water partition coefficient (Wildman–Crippen LogP) is 1.65. The third-order valence-corrected chi connectivity index (χ3v) is 2.70. The lowest BCUT2D eigenvalue weighted by Crippen LogP contribution is -2.24. The molecule has 1 aliphatic rings. The third-order valence-electron chi connectivity index (χ3n) is 2.70. The zero-order chi connectivity index (χ0) is 12.4. The van der Waals surface area contributed by atoms with E-state index in [1.54, 1.807) is 18.2 Å². The summed E-state index contributed by atoms with van der Waals surface area (Å²) in [5, 5.41) is 9.06. The Morgan fingerprint density at radius 2 is 2.29 bits per heavy atom. The lowest BCUT2D eigenvalue weighted by Gasteiger charge is -2.14. The van der Waals surface area contributed by atoms with Crippen molar-refractivity contribution in [3.8, 4) is 0 Å². The van der Waals surface area contributed by atoms with Gasteiger partial charge in [0.2, 0.25) is 0 Å². The number of carbonyl (C=O) groups excluding carboxylic acids is 1. The topological polar surface area (TPSA) is 66.8 Å². The van der Waals surface area contributed by atoms with Gasteiger partial charge in [0.1, 0.15) is 6.61 Å². The Kier molecular flexibility index (Phi) is 2.99. The van der Waals surface area contributed by atoms with Crippen LogP contribution in [0.4, 0.5) is 4.79 Å². The van der Waals surface area contributed by atoms with E-state index in [1.165, 1.54) is 4.90 Å². The summed E-state index contributed by atoms with van der Waals surface area (Å²) < 4.78 is 4.81. The van der Waals surface area contributed by atoms with Crippen LogP contribution in [-0.4, -0.2) is 35.2 Å². The van der Waals surface area contributed by atoms with Gasteiger partial charge in [-0.1, -0.05) is 17.7 Å². The summed E-state index contributed by atoms with van der Waals surface area (Å²) >= 11 is 0. The second kappa shape index (κ2) is 4.45. The van der Waals surface area contributed by atoms with E-state index in [-0.39, 0.29) is 18.2 Å². The highest BCUT2D eigenvalue weighted by molar-refractivity contribution is 5.89. The van der Waals surface area contributed by atoms with Gasteiger partial charge >= 0.3 is 12.1 Å². The molecule has 0 spiro atoms. The lowest BCUT2D eigenvalue weighted by molar-refractivity contribution is 0.0694. The molecule has 90 valence electrons. The van der Waals surface area contributed by atoms with Gasteiger partial charge in [-0.25, -0.2) is 9.59 Å². The number of benzene rings is 1. The average Bonchev–Trinajstić information content (AvgIpc) is 2.64. The molecule has 0 radical (unpaired) electrons. The summed E-state index contributed by atoms with van der Waals surface area (Å²) in [5.41, 5.74) is 1.84. The van der Waals surface area contributed by atoms with Crippen molar-refractivity contribution in [2.75, 3.05) is 13.2 Å². The molecule has 1 fully saturated rings. The van der Waals surface area contributed by atoms with E-state index < -0.39 is 5.97 Å². The summed E-state index contributed by atoms with van der Waals surface area (Å²) in [7, 11) is 0. The molecular weight excluding hydrogens is 222 g/mol. The van der Waals surface area contributed by atoms with E-state index in [0.29, 0.717) is 18.7 Å². The average molecular weight is 235 g/mol. The monoisotopic (exact) mass is 235 g/mol. The molecule has 1 aliphatic heterocycles. The molecule has 0 bridgehead atoms. The largest absolute Gasteiger partial charge is 0.478 e. The third kappa shape index (κ3) is 2.38. The fourth-order valence-electron chi connectivity index (χ4n) is 1.84. The number of hydrogen-bond acceptors (Lipinski definition) is 3. The van der Waals surface area contributed by atoms with Gasteiger partial charge in [0.05, 0.1) is 18.7 Å². The summed E-state index contributed by atoms with van der Waals surface area (Å²) in [6.07, 6.45) is -0.386. The van der Waals surface area contributed by atoms with Crippen LogP contribution < -0.4 is 0 Å². The van der Waals surface area contributed by atoms with E-state index in [1.807, 2.05) is 6.92 Å². The number of ether oxygens (including phenoxy) is 1. The summed E-state index contributed by atoms with van der Waals surface area (Å²) in [6, 6.07) is 5.10. The van der Waals surface area contributed by atoms with Crippen LogP contribution in [-0.2, 0) is 11.3 Å². The Morgan fingerprint density at radius 3 is 2.88 bits per heavy atom. The van der Waals surface area contributed by atoms with Gasteiger partial charge in [-0.2, -0.15) is 0 Å². The first-order valence-electron chi connectivity index (χ1n) is 5.32. The molecule has 1 aromatic rings. The molecule has 17 heavy (non-hydrogen) atoms. The Labute approximate surface area is 98.6 Å². The second-order valence-corrected chi connectivity index (χ2v) is 4.00. The van der Waals surface area contributed by atoms with Crippen molar-refractivity contribution in [2.24, 2.45) is 0 Å². The number of cyclic esters (lactones) is 1. The smallest absolute Gasteiger partial charge is 0.410 e. The van der Waals surface area contributed by atoms with Gasteiger partial charge in [0.25, 0.3) is 0 Å². The number of rotatable bonds is 3. The Morgan fingerprint density at radius 1 is 1.53 bits per heavy atom. The maximum atomic E-state index is 11.3. The number of nitrogens with zero attached hydrogens (tertiary/aromatic N) is 1. The van der Waals surface area contributed by atoms with Crippen molar-refractivity contribution < 1.29 is 19.4 Å². The molecule has 0 aliphatic carbocycles. The maximum Gasteiger partial charge on any atom is 0.410 e. The molecule has 1 aromatic carbocycles. The lowest BCUT2D eigenvalue weighted by atomic mass is 10.0. The van der Waals surface area contributed by atoms with Crippen LogP contribution in [0, 0.1) is 6.92 Å². The molecule has 0 aromatic heterocycles. The molecule has 1 heterocycles. The van der Waals surface area contributed by atoms with E-state index >= 15 is 0 Å². The van der Waals surface area contributed by atoms with Gasteiger partial charge in [0, 0.05) is 0 Å². The Hall–Kier alpha value is -2.04. The molecule has 1 N–H and O–H groups in total. The first-order chi connectivity index (χ1) is 8.08. The summed E-state index contributed by atoms with van der Waals surface area (Å²) in [6.45, 7) is 3.04. The number of carboxylic acid groups (broad SMARTS) is 1. The van der Waals surface area contributed by atoms with Crippen LogP contribution >= 0.6 is 0 Å². The predicted molar refractivity (Wildman–Crippen MR) is 59.9 cm³/mol. The molecular formula is C12H13NO4. The number of carboxylic acids is 1. The summed E-state index contributed by atoms with van der Waals surface area (Å²) in [5.74, 6) is -0.979. The van der Waals surface area contributed by atoms with Crippen molar-refractivity contribution in [1.29, 1.82) is 0 Å². The highest BCUT2D eigenvalue weighted by Gasteiger charge is 2.23. The molecule has 1 saturated heterocycles.